The van der Waals surface area contributed by atoms with E-state index in [0.29, 0.717) is 5.75 Å². The Morgan fingerprint density at radius 1 is 0.692 bits per heavy atom. The van der Waals surface area contributed by atoms with E-state index in [-0.39, 0.29) is 0 Å². The maximum Gasteiger partial charge on any atom is 0.115 e. The number of aryl methyl sites for hydroxylation is 1. The van der Waals surface area contributed by atoms with Crippen LogP contribution in [0.4, 0.5) is 0 Å². The van der Waals surface area contributed by atoms with E-state index in [1.165, 1.54) is 38.6 Å². The topological polar surface area (TPSA) is 20.2 Å². The molecule has 0 radical (unpaired) electrons. The van der Waals surface area contributed by atoms with Gasteiger partial charge in [-0.3, -0.25) is 0 Å². The molecule has 0 spiro atoms. The van der Waals surface area contributed by atoms with Crippen molar-refractivity contribution in [1.29, 1.82) is 0 Å². The van der Waals surface area contributed by atoms with Crippen molar-refractivity contribution in [2.24, 2.45) is 0 Å². The lowest BCUT2D eigenvalue weighted by atomic mass is 9.94. The molecule has 0 aromatic heterocycles. The normalized spacial score (nSPS) is 11.0. The summed E-state index contributed by atoms with van der Waals surface area (Å²) in [5.41, 5.74) is 6.20. The summed E-state index contributed by atoms with van der Waals surface area (Å²) in [5.74, 6) is 0.331. The summed E-state index contributed by atoms with van der Waals surface area (Å²) < 4.78 is 0. The molecule has 0 heterocycles. The number of benzene rings is 4. The minimum Gasteiger partial charge on any atom is -0.508 e. The Bertz CT molecular complexity index is 1060. The quantitative estimate of drug-likeness (QED) is 0.458. The maximum absolute atomic E-state index is 9.75. The lowest BCUT2D eigenvalue weighted by Crippen LogP contribution is -1.91. The van der Waals surface area contributed by atoms with Gasteiger partial charge in [0.2, 0.25) is 0 Å². The van der Waals surface area contributed by atoms with Crippen molar-refractivity contribution in [3.05, 3.63) is 102 Å². The minimum absolute atomic E-state index is 0.331. The highest BCUT2D eigenvalue weighted by atomic mass is 16.3. The summed E-state index contributed by atoms with van der Waals surface area (Å²) in [4.78, 5) is 0. The second-order valence-corrected chi connectivity index (χ2v) is 6.75. The number of fused-ring (bicyclic) bond motifs is 1. The molecule has 128 valence electrons. The predicted molar refractivity (Wildman–Crippen MR) is 110 cm³/mol. The summed E-state index contributed by atoms with van der Waals surface area (Å²) in [7, 11) is 0. The van der Waals surface area contributed by atoms with Gasteiger partial charge in [-0.2, -0.15) is 0 Å². The average Bonchev–Trinajstić information content (AvgIpc) is 2.68. The third-order valence-electron chi connectivity index (χ3n) is 4.93. The summed E-state index contributed by atoms with van der Waals surface area (Å²) in [6.07, 6.45) is 1.82. The van der Waals surface area contributed by atoms with Crippen molar-refractivity contribution >= 4 is 10.8 Å². The molecule has 1 heteroatoms. The molecular weight excluding hydrogens is 316 g/mol. The van der Waals surface area contributed by atoms with E-state index >= 15 is 0 Å². The first-order valence-corrected chi connectivity index (χ1v) is 9.12. The molecular formula is C25H22O. The van der Waals surface area contributed by atoms with Crippen molar-refractivity contribution in [2.75, 3.05) is 0 Å². The van der Waals surface area contributed by atoms with E-state index in [1.807, 2.05) is 12.1 Å². The van der Waals surface area contributed by atoms with Crippen LogP contribution < -0.4 is 0 Å². The number of aromatic hydroxyl groups is 1. The highest BCUT2D eigenvalue weighted by molar-refractivity contribution is 5.83. The Morgan fingerprint density at radius 3 is 2.35 bits per heavy atom. The molecule has 0 unspecified atom stereocenters. The number of phenols is 1. The van der Waals surface area contributed by atoms with Gasteiger partial charge in [0.05, 0.1) is 0 Å². The zero-order chi connectivity index (χ0) is 17.9. The van der Waals surface area contributed by atoms with Crippen LogP contribution in [0.1, 0.15) is 23.6 Å². The molecule has 0 bridgehead atoms. The van der Waals surface area contributed by atoms with Crippen molar-refractivity contribution in [2.45, 2.75) is 19.8 Å². The van der Waals surface area contributed by atoms with E-state index in [2.05, 4.69) is 73.7 Å². The van der Waals surface area contributed by atoms with Crippen LogP contribution in [-0.2, 0) is 12.8 Å². The minimum atomic E-state index is 0.331. The van der Waals surface area contributed by atoms with Gasteiger partial charge < -0.3 is 5.11 Å². The SMILES string of the molecule is CCc1cc(O)ccc1-c1cccc(Cc2ccc3ccccc3c2)c1. The largest absolute Gasteiger partial charge is 0.508 e. The van der Waals surface area contributed by atoms with Crippen LogP contribution in [0.3, 0.4) is 0 Å². The molecule has 4 rings (SSSR count). The summed E-state index contributed by atoms with van der Waals surface area (Å²) in [6.45, 7) is 2.12. The molecule has 4 aromatic carbocycles. The van der Waals surface area contributed by atoms with E-state index in [9.17, 15) is 5.11 Å². The standard InChI is InChI=1S/C25H22O/c1-2-20-17-24(26)12-13-25(20)23-9-5-6-18(16-23)14-19-10-11-21-7-3-4-8-22(21)15-19/h3-13,15-17,26H,2,14H2,1H3. The number of hydrogen-bond donors (Lipinski definition) is 1. The van der Waals surface area contributed by atoms with Crippen LogP contribution in [-0.4, -0.2) is 5.11 Å². The molecule has 0 atom stereocenters. The van der Waals surface area contributed by atoms with E-state index in [1.54, 1.807) is 6.07 Å². The van der Waals surface area contributed by atoms with Crippen LogP contribution >= 0.6 is 0 Å². The van der Waals surface area contributed by atoms with E-state index < -0.39 is 0 Å². The zero-order valence-corrected chi connectivity index (χ0v) is 14.9. The van der Waals surface area contributed by atoms with Gasteiger partial charge in [-0.1, -0.05) is 79.7 Å². The Hall–Kier alpha value is -3.06. The molecule has 0 aliphatic heterocycles. The van der Waals surface area contributed by atoms with Gasteiger partial charge in [-0.15, -0.1) is 0 Å². The van der Waals surface area contributed by atoms with E-state index in [4.69, 9.17) is 0 Å². The molecule has 0 saturated heterocycles. The smallest absolute Gasteiger partial charge is 0.115 e. The van der Waals surface area contributed by atoms with E-state index in [0.717, 1.165) is 12.8 Å². The average molecular weight is 338 g/mol. The van der Waals surface area contributed by atoms with Crippen LogP contribution in [0.15, 0.2) is 84.9 Å². The molecule has 4 aromatic rings. The molecule has 0 amide bonds. The molecule has 0 saturated carbocycles. The molecule has 0 aliphatic rings. The van der Waals surface area contributed by atoms with Crippen LogP contribution in [0, 0.1) is 0 Å². The first-order valence-electron chi connectivity index (χ1n) is 9.12. The highest BCUT2D eigenvalue weighted by Gasteiger charge is 2.06. The van der Waals surface area contributed by atoms with Gasteiger partial charge >= 0.3 is 0 Å². The zero-order valence-electron chi connectivity index (χ0n) is 14.9. The maximum atomic E-state index is 9.75. The molecule has 26 heavy (non-hydrogen) atoms. The number of rotatable bonds is 4. The molecule has 0 fully saturated rings. The van der Waals surface area contributed by atoms with Gasteiger partial charge in [0, 0.05) is 0 Å². The Labute approximate surface area is 154 Å². The molecule has 0 aliphatic carbocycles. The first kappa shape index (κ1) is 16.4. The molecule has 1 nitrogen and oxygen atoms in total. The highest BCUT2D eigenvalue weighted by Crippen LogP contribution is 2.29. The van der Waals surface area contributed by atoms with Crippen LogP contribution in [0.5, 0.6) is 5.75 Å². The summed E-state index contributed by atoms with van der Waals surface area (Å²) in [5, 5.41) is 12.3. The monoisotopic (exact) mass is 338 g/mol. The lowest BCUT2D eigenvalue weighted by molar-refractivity contribution is 0.474. The second-order valence-electron chi connectivity index (χ2n) is 6.75. The number of hydrogen-bond acceptors (Lipinski definition) is 1. The van der Waals surface area contributed by atoms with Crippen molar-refractivity contribution < 1.29 is 5.11 Å². The Kier molecular flexibility index (Phi) is 4.45. The summed E-state index contributed by atoms with van der Waals surface area (Å²) in [6, 6.07) is 29.5. The van der Waals surface area contributed by atoms with Gasteiger partial charge in [0.25, 0.3) is 0 Å². The van der Waals surface area contributed by atoms with Crippen molar-refractivity contribution in [3.8, 4) is 16.9 Å². The first-order chi connectivity index (χ1) is 12.7. The lowest BCUT2D eigenvalue weighted by Gasteiger charge is -2.11. The fourth-order valence-electron chi connectivity index (χ4n) is 3.59. The third-order valence-corrected chi connectivity index (χ3v) is 4.93. The van der Waals surface area contributed by atoms with Crippen LogP contribution in [0.25, 0.3) is 21.9 Å². The second kappa shape index (κ2) is 7.05. The van der Waals surface area contributed by atoms with Crippen LogP contribution in [0.2, 0.25) is 0 Å². The van der Waals surface area contributed by atoms with Gasteiger partial charge in [-0.05, 0) is 63.6 Å². The molecule has 1 N–H and O–H groups in total. The summed E-state index contributed by atoms with van der Waals surface area (Å²) >= 11 is 0. The Balaban J connectivity index is 1.67. The Morgan fingerprint density at radius 2 is 1.50 bits per heavy atom. The van der Waals surface area contributed by atoms with Gasteiger partial charge in [0.15, 0.2) is 0 Å². The van der Waals surface area contributed by atoms with Gasteiger partial charge in [0.1, 0.15) is 5.75 Å². The third kappa shape index (κ3) is 3.34. The fraction of sp³-hybridized carbons (Fsp3) is 0.120. The van der Waals surface area contributed by atoms with Crippen molar-refractivity contribution in [1.82, 2.24) is 0 Å². The number of phenolic OH excluding ortho intramolecular Hbond substituents is 1. The van der Waals surface area contributed by atoms with Crippen molar-refractivity contribution in [3.63, 3.8) is 0 Å². The predicted octanol–water partition coefficient (Wildman–Crippen LogP) is 6.37. The fourth-order valence-corrected chi connectivity index (χ4v) is 3.59. The van der Waals surface area contributed by atoms with Gasteiger partial charge in [-0.25, -0.2) is 0 Å².